The number of fused-ring (bicyclic) bond motifs is 1. The number of alkyl halides is 1. The Morgan fingerprint density at radius 1 is 1.50 bits per heavy atom. The second kappa shape index (κ2) is 3.67. The maximum atomic E-state index is 13.4. The predicted molar refractivity (Wildman–Crippen MR) is 54.9 cm³/mol. The first-order valence-electron chi connectivity index (χ1n) is 4.59. The molecule has 3 N–H and O–H groups in total. The number of halogens is 2. The van der Waals surface area contributed by atoms with Gasteiger partial charge in [-0.25, -0.2) is 22.3 Å². The average molecular weight is 248 g/mol. The highest BCUT2D eigenvalue weighted by molar-refractivity contribution is 7.89. The lowest BCUT2D eigenvalue weighted by molar-refractivity contribution is 0.450. The van der Waals surface area contributed by atoms with Gasteiger partial charge in [0.25, 0.3) is 0 Å². The minimum Gasteiger partial charge on any atom is -0.379 e. The highest BCUT2D eigenvalue weighted by atomic mass is 32.2. The maximum Gasteiger partial charge on any atom is 0.241 e. The SMILES string of the molecule is NS(=O)(=O)c1cc2c(cc1F)C[C@@H](CF)N2. The summed E-state index contributed by atoms with van der Waals surface area (Å²) in [6.45, 7) is -0.596. The number of nitrogens with one attached hydrogen (secondary N) is 1. The summed E-state index contributed by atoms with van der Waals surface area (Å²) in [5, 5.41) is 7.61. The predicted octanol–water partition coefficient (Wildman–Crippen LogP) is 0.779. The Morgan fingerprint density at radius 3 is 2.75 bits per heavy atom. The van der Waals surface area contributed by atoms with Crippen molar-refractivity contribution in [1.82, 2.24) is 0 Å². The number of hydrogen-bond acceptors (Lipinski definition) is 3. The van der Waals surface area contributed by atoms with E-state index in [4.69, 9.17) is 5.14 Å². The summed E-state index contributed by atoms with van der Waals surface area (Å²) in [4.78, 5) is -0.571. The molecule has 0 bridgehead atoms. The molecule has 4 nitrogen and oxygen atoms in total. The highest BCUT2D eigenvalue weighted by Gasteiger charge is 2.25. The molecule has 0 spiro atoms. The van der Waals surface area contributed by atoms with Crippen LogP contribution in [0.5, 0.6) is 0 Å². The van der Waals surface area contributed by atoms with Gasteiger partial charge in [-0.3, -0.25) is 0 Å². The van der Waals surface area contributed by atoms with Gasteiger partial charge in [-0.2, -0.15) is 0 Å². The van der Waals surface area contributed by atoms with Crippen molar-refractivity contribution in [3.63, 3.8) is 0 Å². The summed E-state index contributed by atoms with van der Waals surface area (Å²) in [6.07, 6.45) is 0.341. The van der Waals surface area contributed by atoms with Crippen LogP contribution in [-0.4, -0.2) is 21.1 Å². The third kappa shape index (κ3) is 1.88. The van der Waals surface area contributed by atoms with Crippen molar-refractivity contribution in [2.75, 3.05) is 12.0 Å². The summed E-state index contributed by atoms with van der Waals surface area (Å²) in [5.41, 5.74) is 0.987. The van der Waals surface area contributed by atoms with Crippen LogP contribution in [0.3, 0.4) is 0 Å². The minimum atomic E-state index is -4.09. The van der Waals surface area contributed by atoms with E-state index in [2.05, 4.69) is 5.32 Å². The Hall–Kier alpha value is -1.21. The lowest BCUT2D eigenvalue weighted by Crippen LogP contribution is -2.17. The van der Waals surface area contributed by atoms with Crippen molar-refractivity contribution in [1.29, 1.82) is 0 Å². The molecule has 0 radical (unpaired) electrons. The zero-order chi connectivity index (χ0) is 11.9. The van der Waals surface area contributed by atoms with Crippen molar-refractivity contribution < 1.29 is 17.2 Å². The summed E-state index contributed by atoms with van der Waals surface area (Å²) >= 11 is 0. The third-order valence-corrected chi connectivity index (χ3v) is 3.40. The number of nitrogens with two attached hydrogens (primary N) is 1. The first-order valence-corrected chi connectivity index (χ1v) is 6.14. The van der Waals surface area contributed by atoms with Crippen molar-refractivity contribution in [3.8, 4) is 0 Å². The number of benzene rings is 1. The molecule has 0 unspecified atom stereocenters. The van der Waals surface area contributed by atoms with Crippen LogP contribution in [0.25, 0.3) is 0 Å². The molecule has 0 saturated carbocycles. The fraction of sp³-hybridized carbons (Fsp3) is 0.333. The van der Waals surface area contributed by atoms with Gasteiger partial charge in [0.1, 0.15) is 17.4 Å². The number of primary sulfonamides is 1. The Morgan fingerprint density at radius 2 is 2.19 bits per heavy atom. The molecule has 16 heavy (non-hydrogen) atoms. The second-order valence-electron chi connectivity index (χ2n) is 3.68. The van der Waals surface area contributed by atoms with Crippen molar-refractivity contribution in [3.05, 3.63) is 23.5 Å². The monoisotopic (exact) mass is 248 g/mol. The molecule has 0 saturated heterocycles. The van der Waals surface area contributed by atoms with Crippen LogP contribution in [0.1, 0.15) is 5.56 Å². The molecule has 1 aromatic rings. The van der Waals surface area contributed by atoms with Gasteiger partial charge in [-0.05, 0) is 24.1 Å². The van der Waals surface area contributed by atoms with Crippen LogP contribution in [0.2, 0.25) is 0 Å². The van der Waals surface area contributed by atoms with Gasteiger partial charge in [0.05, 0.1) is 6.04 Å². The molecule has 1 aliphatic rings. The fourth-order valence-electron chi connectivity index (χ4n) is 1.75. The number of rotatable bonds is 2. The van der Waals surface area contributed by atoms with E-state index in [9.17, 15) is 17.2 Å². The molecule has 1 atom stereocenters. The third-order valence-electron chi connectivity index (χ3n) is 2.48. The van der Waals surface area contributed by atoms with E-state index in [-0.39, 0.29) is 0 Å². The van der Waals surface area contributed by atoms with Gasteiger partial charge in [0.2, 0.25) is 10.0 Å². The van der Waals surface area contributed by atoms with Crippen LogP contribution < -0.4 is 10.5 Å². The lowest BCUT2D eigenvalue weighted by atomic mass is 10.1. The Balaban J connectivity index is 2.49. The highest BCUT2D eigenvalue weighted by Crippen LogP contribution is 2.30. The van der Waals surface area contributed by atoms with E-state index in [0.717, 1.165) is 12.1 Å². The van der Waals surface area contributed by atoms with E-state index in [0.29, 0.717) is 17.7 Å². The number of anilines is 1. The normalized spacial score (nSPS) is 19.3. The fourth-order valence-corrected chi connectivity index (χ4v) is 2.36. The smallest absolute Gasteiger partial charge is 0.241 e. The van der Waals surface area contributed by atoms with Crippen LogP contribution >= 0.6 is 0 Å². The molecular weight excluding hydrogens is 238 g/mol. The Bertz CT molecular complexity index is 531. The average Bonchev–Trinajstić information content (AvgIpc) is 2.56. The molecule has 1 heterocycles. The Labute approximate surface area is 91.5 Å². The van der Waals surface area contributed by atoms with Gasteiger partial charge in [-0.15, -0.1) is 0 Å². The van der Waals surface area contributed by atoms with Crippen LogP contribution in [0.15, 0.2) is 17.0 Å². The molecule has 0 aliphatic carbocycles. The first kappa shape index (κ1) is 11.3. The molecule has 88 valence electrons. The van der Waals surface area contributed by atoms with E-state index in [1.165, 1.54) is 0 Å². The first-order chi connectivity index (χ1) is 7.41. The molecule has 0 fully saturated rings. The zero-order valence-electron chi connectivity index (χ0n) is 8.20. The van der Waals surface area contributed by atoms with Crippen LogP contribution in [0, 0.1) is 5.82 Å². The minimum absolute atomic E-state index is 0.341. The van der Waals surface area contributed by atoms with Gasteiger partial charge in [0, 0.05) is 5.69 Å². The molecular formula is C9H10F2N2O2S. The Kier molecular flexibility index (Phi) is 2.59. The number of hydrogen-bond donors (Lipinski definition) is 2. The summed E-state index contributed by atoms with van der Waals surface area (Å²) < 4.78 is 47.9. The van der Waals surface area contributed by atoms with Crippen molar-refractivity contribution in [2.45, 2.75) is 17.4 Å². The standard InChI is InChI=1S/C9H10F2N2O2S/c10-4-6-1-5-2-7(11)9(16(12,14)15)3-8(5)13-6/h2-3,6,13H,1,4H2,(H2,12,14,15)/t6-/m0/s1. The molecule has 0 aromatic heterocycles. The maximum absolute atomic E-state index is 13.4. The molecule has 2 rings (SSSR count). The van der Waals surface area contributed by atoms with Crippen LogP contribution in [-0.2, 0) is 16.4 Å². The molecule has 0 amide bonds. The summed E-state index contributed by atoms with van der Waals surface area (Å²) in [6, 6.07) is 1.76. The van der Waals surface area contributed by atoms with E-state index in [1.54, 1.807) is 0 Å². The molecule has 1 aromatic carbocycles. The van der Waals surface area contributed by atoms with E-state index in [1.807, 2.05) is 0 Å². The summed E-state index contributed by atoms with van der Waals surface area (Å²) in [7, 11) is -4.09. The second-order valence-corrected chi connectivity index (χ2v) is 5.21. The van der Waals surface area contributed by atoms with Gasteiger partial charge < -0.3 is 5.32 Å². The van der Waals surface area contributed by atoms with Gasteiger partial charge in [0.15, 0.2) is 0 Å². The van der Waals surface area contributed by atoms with Gasteiger partial charge in [-0.1, -0.05) is 0 Å². The zero-order valence-corrected chi connectivity index (χ0v) is 9.02. The van der Waals surface area contributed by atoms with Crippen molar-refractivity contribution >= 4 is 15.7 Å². The van der Waals surface area contributed by atoms with E-state index < -0.39 is 33.5 Å². The lowest BCUT2D eigenvalue weighted by Gasteiger charge is -2.06. The topological polar surface area (TPSA) is 72.2 Å². The van der Waals surface area contributed by atoms with Crippen LogP contribution in [0.4, 0.5) is 14.5 Å². The van der Waals surface area contributed by atoms with E-state index >= 15 is 0 Å². The largest absolute Gasteiger partial charge is 0.379 e. The molecule has 1 aliphatic heterocycles. The van der Waals surface area contributed by atoms with Gasteiger partial charge >= 0.3 is 0 Å². The number of sulfonamides is 1. The quantitative estimate of drug-likeness (QED) is 0.812. The molecule has 7 heteroatoms. The summed E-state index contributed by atoms with van der Waals surface area (Å²) in [5.74, 6) is -0.900. The van der Waals surface area contributed by atoms with Crippen molar-refractivity contribution in [2.24, 2.45) is 5.14 Å².